The van der Waals surface area contributed by atoms with Gasteiger partial charge in [0.2, 0.25) is 5.91 Å². The van der Waals surface area contributed by atoms with Gasteiger partial charge in [0.25, 0.3) is 0 Å². The van der Waals surface area contributed by atoms with Crippen molar-refractivity contribution < 1.29 is 14.7 Å². The molecule has 1 amide bonds. The van der Waals surface area contributed by atoms with Gasteiger partial charge in [0.15, 0.2) is 0 Å². The summed E-state index contributed by atoms with van der Waals surface area (Å²) in [6, 6.07) is 0. The molecule has 0 aromatic carbocycles. The molecule has 98 valence electrons. The highest BCUT2D eigenvalue weighted by molar-refractivity contribution is 5.80. The van der Waals surface area contributed by atoms with Crippen LogP contribution in [0.15, 0.2) is 0 Å². The zero-order valence-electron chi connectivity index (χ0n) is 10.8. The topological polar surface area (TPSA) is 57.6 Å². The van der Waals surface area contributed by atoms with Crippen molar-refractivity contribution >= 4 is 11.9 Å². The van der Waals surface area contributed by atoms with Crippen LogP contribution in [-0.2, 0) is 9.59 Å². The highest BCUT2D eigenvalue weighted by atomic mass is 16.4. The van der Waals surface area contributed by atoms with Crippen LogP contribution < -0.4 is 0 Å². The van der Waals surface area contributed by atoms with Gasteiger partial charge in [-0.05, 0) is 12.8 Å². The number of carbonyl (C=O) groups excluding carboxylic acids is 1. The fraction of sp³-hybridized carbons (Fsp3) is 0.846. The number of hydrogen-bond donors (Lipinski definition) is 1. The van der Waals surface area contributed by atoms with Gasteiger partial charge in [-0.2, -0.15) is 0 Å². The lowest BCUT2D eigenvalue weighted by atomic mass is 9.91. The maximum Gasteiger partial charge on any atom is 0.303 e. The summed E-state index contributed by atoms with van der Waals surface area (Å²) in [5, 5.41) is 8.64. The van der Waals surface area contributed by atoms with Crippen molar-refractivity contribution in [2.24, 2.45) is 11.8 Å². The summed E-state index contributed by atoms with van der Waals surface area (Å²) in [4.78, 5) is 24.4. The van der Waals surface area contributed by atoms with Gasteiger partial charge >= 0.3 is 5.97 Å². The van der Waals surface area contributed by atoms with Crippen LogP contribution >= 0.6 is 0 Å². The van der Waals surface area contributed by atoms with Crippen LogP contribution in [0.2, 0.25) is 0 Å². The molecule has 1 heterocycles. The molecule has 0 aromatic heterocycles. The van der Waals surface area contributed by atoms with E-state index in [0.717, 1.165) is 25.7 Å². The SMILES string of the molecule is CCCCC(CC)C(=O)N1CC(CC(=O)O)C1. The number of carboxylic acids is 1. The van der Waals surface area contributed by atoms with Crippen LogP contribution in [0, 0.1) is 11.8 Å². The Balaban J connectivity index is 2.31. The van der Waals surface area contributed by atoms with Crippen LogP contribution in [0.25, 0.3) is 0 Å². The monoisotopic (exact) mass is 241 g/mol. The smallest absolute Gasteiger partial charge is 0.303 e. The Morgan fingerprint density at radius 1 is 1.35 bits per heavy atom. The van der Waals surface area contributed by atoms with E-state index in [2.05, 4.69) is 6.92 Å². The number of hydrogen-bond acceptors (Lipinski definition) is 2. The molecule has 1 aliphatic heterocycles. The van der Waals surface area contributed by atoms with E-state index in [9.17, 15) is 9.59 Å². The fourth-order valence-electron chi connectivity index (χ4n) is 2.34. The number of unbranched alkanes of at least 4 members (excludes halogenated alkanes) is 1. The molecule has 4 nitrogen and oxygen atoms in total. The van der Waals surface area contributed by atoms with E-state index in [1.807, 2.05) is 11.8 Å². The summed E-state index contributed by atoms with van der Waals surface area (Å²) >= 11 is 0. The van der Waals surface area contributed by atoms with E-state index in [4.69, 9.17) is 5.11 Å². The van der Waals surface area contributed by atoms with Crippen molar-refractivity contribution in [3.05, 3.63) is 0 Å². The van der Waals surface area contributed by atoms with Crippen LogP contribution in [-0.4, -0.2) is 35.0 Å². The minimum absolute atomic E-state index is 0.140. The summed E-state index contributed by atoms with van der Waals surface area (Å²) in [5.41, 5.74) is 0. The molecule has 1 unspecified atom stereocenters. The molecule has 1 rings (SSSR count). The van der Waals surface area contributed by atoms with Crippen LogP contribution in [0.5, 0.6) is 0 Å². The molecule has 0 bridgehead atoms. The lowest BCUT2D eigenvalue weighted by Gasteiger charge is -2.40. The summed E-state index contributed by atoms with van der Waals surface area (Å²) in [6.07, 6.45) is 4.25. The van der Waals surface area contributed by atoms with E-state index in [0.29, 0.717) is 13.1 Å². The normalized spacial score (nSPS) is 17.6. The standard InChI is InChI=1S/C13H23NO3/c1-3-5-6-11(4-2)13(17)14-8-10(9-14)7-12(15)16/h10-11H,3-9H2,1-2H3,(H,15,16). The molecule has 1 aliphatic rings. The third-order valence-corrected chi connectivity index (χ3v) is 3.48. The van der Waals surface area contributed by atoms with Gasteiger partial charge < -0.3 is 10.0 Å². The molecule has 0 spiro atoms. The van der Waals surface area contributed by atoms with Gasteiger partial charge in [-0.15, -0.1) is 0 Å². The molecule has 0 saturated carbocycles. The molecular formula is C13H23NO3. The van der Waals surface area contributed by atoms with Gasteiger partial charge in [-0.1, -0.05) is 26.7 Å². The Hall–Kier alpha value is -1.06. The van der Waals surface area contributed by atoms with E-state index in [-0.39, 0.29) is 24.2 Å². The summed E-state index contributed by atoms with van der Waals surface area (Å²) in [6.45, 7) is 5.44. The number of amides is 1. The van der Waals surface area contributed by atoms with Crippen molar-refractivity contribution in [1.29, 1.82) is 0 Å². The highest BCUT2D eigenvalue weighted by Gasteiger charge is 2.34. The second-order valence-electron chi connectivity index (χ2n) is 4.95. The van der Waals surface area contributed by atoms with Crippen molar-refractivity contribution in [2.75, 3.05) is 13.1 Å². The molecule has 17 heavy (non-hydrogen) atoms. The Kier molecular flexibility index (Phi) is 5.45. The maximum atomic E-state index is 12.1. The number of nitrogens with zero attached hydrogens (tertiary/aromatic N) is 1. The van der Waals surface area contributed by atoms with Crippen LogP contribution in [0.1, 0.15) is 46.0 Å². The third kappa shape index (κ3) is 4.02. The minimum atomic E-state index is -0.764. The average molecular weight is 241 g/mol. The summed E-state index contributed by atoms with van der Waals surface area (Å²) < 4.78 is 0. The zero-order chi connectivity index (χ0) is 12.8. The molecule has 1 atom stereocenters. The number of rotatable bonds is 7. The van der Waals surface area contributed by atoms with Crippen LogP contribution in [0.3, 0.4) is 0 Å². The fourth-order valence-corrected chi connectivity index (χ4v) is 2.34. The molecule has 1 saturated heterocycles. The predicted octanol–water partition coefficient (Wildman–Crippen LogP) is 2.14. The van der Waals surface area contributed by atoms with Gasteiger partial charge in [0.1, 0.15) is 0 Å². The number of carbonyl (C=O) groups is 2. The minimum Gasteiger partial charge on any atom is -0.481 e. The predicted molar refractivity (Wildman–Crippen MR) is 65.6 cm³/mol. The Morgan fingerprint density at radius 3 is 2.47 bits per heavy atom. The quantitative estimate of drug-likeness (QED) is 0.743. The number of likely N-dealkylation sites (tertiary alicyclic amines) is 1. The lowest BCUT2D eigenvalue weighted by molar-refractivity contribution is -0.147. The molecule has 4 heteroatoms. The first-order valence-corrected chi connectivity index (χ1v) is 6.59. The maximum absolute atomic E-state index is 12.1. The summed E-state index contributed by atoms with van der Waals surface area (Å²) in [5.74, 6) is -0.233. The second-order valence-corrected chi connectivity index (χ2v) is 4.95. The average Bonchev–Trinajstić information content (AvgIpc) is 2.23. The molecule has 0 aliphatic carbocycles. The van der Waals surface area contributed by atoms with Gasteiger partial charge in [-0.25, -0.2) is 0 Å². The largest absolute Gasteiger partial charge is 0.481 e. The zero-order valence-corrected chi connectivity index (χ0v) is 10.8. The van der Waals surface area contributed by atoms with Gasteiger partial charge in [0.05, 0.1) is 6.42 Å². The lowest BCUT2D eigenvalue weighted by Crippen LogP contribution is -2.52. The first kappa shape index (κ1) is 14.0. The number of carboxylic acid groups (broad SMARTS) is 1. The van der Waals surface area contributed by atoms with Crippen molar-refractivity contribution in [1.82, 2.24) is 4.90 Å². The second kappa shape index (κ2) is 6.62. The van der Waals surface area contributed by atoms with Crippen LogP contribution in [0.4, 0.5) is 0 Å². The first-order chi connectivity index (χ1) is 8.08. The number of aliphatic carboxylic acids is 1. The van der Waals surface area contributed by atoms with Gasteiger partial charge in [0, 0.05) is 24.9 Å². The Labute approximate surface area is 103 Å². The van der Waals surface area contributed by atoms with E-state index < -0.39 is 5.97 Å². The molecule has 1 fully saturated rings. The van der Waals surface area contributed by atoms with Crippen molar-refractivity contribution in [2.45, 2.75) is 46.0 Å². The van der Waals surface area contributed by atoms with E-state index in [1.165, 1.54) is 0 Å². The van der Waals surface area contributed by atoms with E-state index in [1.54, 1.807) is 0 Å². The van der Waals surface area contributed by atoms with E-state index >= 15 is 0 Å². The Bertz CT molecular complexity index is 272. The van der Waals surface area contributed by atoms with Crippen molar-refractivity contribution in [3.8, 4) is 0 Å². The highest BCUT2D eigenvalue weighted by Crippen LogP contribution is 2.24. The Morgan fingerprint density at radius 2 is 2.00 bits per heavy atom. The molecular weight excluding hydrogens is 218 g/mol. The summed E-state index contributed by atoms with van der Waals surface area (Å²) in [7, 11) is 0. The third-order valence-electron chi connectivity index (χ3n) is 3.48. The first-order valence-electron chi connectivity index (χ1n) is 6.59. The van der Waals surface area contributed by atoms with Crippen molar-refractivity contribution in [3.63, 3.8) is 0 Å². The molecule has 0 aromatic rings. The molecule has 0 radical (unpaired) electrons. The van der Waals surface area contributed by atoms with Gasteiger partial charge in [-0.3, -0.25) is 9.59 Å². The molecule has 1 N–H and O–H groups in total.